The molecule has 0 bridgehead atoms. The maximum Gasteiger partial charge on any atom is 0.224 e. The third kappa shape index (κ3) is 4.31. The van der Waals surface area contributed by atoms with Crippen molar-refractivity contribution in [1.82, 2.24) is 4.90 Å². The quantitative estimate of drug-likeness (QED) is 0.772. The van der Waals surface area contributed by atoms with Crippen LogP contribution in [-0.4, -0.2) is 43.0 Å². The SMILES string of the molecule is CC1(CN)CCN(C(=O)CCCOc2ccc3c(c2)CCC(=O)N3)C1. The zero-order chi connectivity index (χ0) is 17.9. The van der Waals surface area contributed by atoms with E-state index in [1.807, 2.05) is 23.1 Å². The van der Waals surface area contributed by atoms with E-state index in [0.717, 1.165) is 42.9 Å². The fourth-order valence-corrected chi connectivity index (χ4v) is 3.42. The Balaban J connectivity index is 1.42. The molecule has 6 nitrogen and oxygen atoms in total. The van der Waals surface area contributed by atoms with Crippen molar-refractivity contribution < 1.29 is 14.3 Å². The summed E-state index contributed by atoms with van der Waals surface area (Å²) in [5.41, 5.74) is 7.84. The van der Waals surface area contributed by atoms with Crippen molar-refractivity contribution in [1.29, 1.82) is 0 Å². The number of amides is 2. The van der Waals surface area contributed by atoms with Gasteiger partial charge >= 0.3 is 0 Å². The fourth-order valence-electron chi connectivity index (χ4n) is 3.42. The Morgan fingerprint density at radius 2 is 2.24 bits per heavy atom. The summed E-state index contributed by atoms with van der Waals surface area (Å²) in [6.45, 7) is 4.85. The number of benzene rings is 1. The molecular formula is C19H27N3O3. The molecule has 3 N–H and O–H groups in total. The lowest BCUT2D eigenvalue weighted by atomic mass is 9.90. The predicted octanol–water partition coefficient (Wildman–Crippen LogP) is 1.93. The van der Waals surface area contributed by atoms with Crippen LogP contribution in [0.4, 0.5) is 5.69 Å². The number of carbonyl (C=O) groups excluding carboxylic acids is 2. The van der Waals surface area contributed by atoms with Gasteiger partial charge in [-0.3, -0.25) is 9.59 Å². The van der Waals surface area contributed by atoms with Gasteiger partial charge in [0.1, 0.15) is 5.75 Å². The molecule has 1 saturated heterocycles. The summed E-state index contributed by atoms with van der Waals surface area (Å²) in [6, 6.07) is 5.72. The summed E-state index contributed by atoms with van der Waals surface area (Å²) >= 11 is 0. The number of anilines is 1. The molecule has 0 spiro atoms. The van der Waals surface area contributed by atoms with Crippen molar-refractivity contribution in [2.75, 3.05) is 31.6 Å². The molecule has 0 saturated carbocycles. The maximum atomic E-state index is 12.3. The van der Waals surface area contributed by atoms with E-state index in [-0.39, 0.29) is 17.2 Å². The Kier molecular flexibility index (Phi) is 5.27. The smallest absolute Gasteiger partial charge is 0.224 e. The topological polar surface area (TPSA) is 84.7 Å². The number of fused-ring (bicyclic) bond motifs is 1. The number of likely N-dealkylation sites (tertiary alicyclic amines) is 1. The lowest BCUT2D eigenvalue weighted by Crippen LogP contribution is -2.34. The van der Waals surface area contributed by atoms with Crippen molar-refractivity contribution in [3.8, 4) is 5.75 Å². The number of nitrogens with one attached hydrogen (secondary N) is 1. The molecule has 3 rings (SSSR count). The first-order valence-corrected chi connectivity index (χ1v) is 9.02. The van der Waals surface area contributed by atoms with Crippen LogP contribution in [0.2, 0.25) is 0 Å². The minimum Gasteiger partial charge on any atom is -0.494 e. The molecule has 2 aliphatic heterocycles. The summed E-state index contributed by atoms with van der Waals surface area (Å²) in [5, 5.41) is 2.86. The van der Waals surface area contributed by atoms with E-state index in [2.05, 4.69) is 12.2 Å². The lowest BCUT2D eigenvalue weighted by molar-refractivity contribution is -0.130. The lowest BCUT2D eigenvalue weighted by Gasteiger charge is -2.22. The van der Waals surface area contributed by atoms with E-state index in [0.29, 0.717) is 32.4 Å². The van der Waals surface area contributed by atoms with Gasteiger partial charge in [-0.05, 0) is 55.0 Å². The van der Waals surface area contributed by atoms with Gasteiger partial charge in [-0.25, -0.2) is 0 Å². The number of hydrogen-bond acceptors (Lipinski definition) is 4. The Morgan fingerprint density at radius 3 is 3.00 bits per heavy atom. The van der Waals surface area contributed by atoms with E-state index >= 15 is 0 Å². The van der Waals surface area contributed by atoms with Crippen LogP contribution in [0.25, 0.3) is 0 Å². The van der Waals surface area contributed by atoms with Gasteiger partial charge in [-0.15, -0.1) is 0 Å². The second-order valence-corrected chi connectivity index (χ2v) is 7.40. The molecule has 25 heavy (non-hydrogen) atoms. The highest BCUT2D eigenvalue weighted by Gasteiger charge is 2.34. The van der Waals surface area contributed by atoms with Crippen molar-refractivity contribution in [2.24, 2.45) is 11.1 Å². The predicted molar refractivity (Wildman–Crippen MR) is 96.5 cm³/mol. The number of nitrogens with two attached hydrogens (primary N) is 1. The molecule has 0 radical (unpaired) electrons. The van der Waals surface area contributed by atoms with Crippen LogP contribution in [0.5, 0.6) is 5.75 Å². The second-order valence-electron chi connectivity index (χ2n) is 7.40. The molecule has 2 heterocycles. The van der Waals surface area contributed by atoms with Crippen molar-refractivity contribution in [2.45, 2.75) is 39.0 Å². The average molecular weight is 345 g/mol. The highest BCUT2D eigenvalue weighted by atomic mass is 16.5. The number of aryl methyl sites for hydroxylation is 1. The third-order valence-corrected chi connectivity index (χ3v) is 5.18. The van der Waals surface area contributed by atoms with E-state index in [1.54, 1.807) is 0 Å². The number of carbonyl (C=O) groups is 2. The second kappa shape index (κ2) is 7.44. The Labute approximate surface area is 148 Å². The summed E-state index contributed by atoms with van der Waals surface area (Å²) in [4.78, 5) is 25.6. The summed E-state index contributed by atoms with van der Waals surface area (Å²) in [7, 11) is 0. The zero-order valence-electron chi connectivity index (χ0n) is 14.8. The van der Waals surface area contributed by atoms with Gasteiger partial charge in [0, 0.05) is 31.6 Å². The van der Waals surface area contributed by atoms with Gasteiger partial charge in [0.2, 0.25) is 11.8 Å². The van der Waals surface area contributed by atoms with Gasteiger partial charge in [0.25, 0.3) is 0 Å². The Morgan fingerprint density at radius 1 is 1.40 bits per heavy atom. The summed E-state index contributed by atoms with van der Waals surface area (Å²) in [6.07, 6.45) is 3.44. The molecule has 0 aromatic heterocycles. The molecule has 1 unspecified atom stereocenters. The Hall–Kier alpha value is -2.08. The van der Waals surface area contributed by atoms with Gasteiger partial charge in [-0.1, -0.05) is 6.92 Å². The van der Waals surface area contributed by atoms with Gasteiger partial charge in [0.15, 0.2) is 0 Å². The molecule has 1 aromatic rings. The van der Waals surface area contributed by atoms with Crippen molar-refractivity contribution >= 4 is 17.5 Å². The van der Waals surface area contributed by atoms with Crippen LogP contribution >= 0.6 is 0 Å². The summed E-state index contributed by atoms with van der Waals surface area (Å²) < 4.78 is 5.77. The first kappa shape index (κ1) is 17.7. The van der Waals surface area contributed by atoms with Crippen LogP contribution in [0, 0.1) is 5.41 Å². The molecule has 6 heteroatoms. The average Bonchev–Trinajstić information content (AvgIpc) is 3.02. The molecule has 2 aliphatic rings. The molecular weight excluding hydrogens is 318 g/mol. The monoisotopic (exact) mass is 345 g/mol. The summed E-state index contributed by atoms with van der Waals surface area (Å²) in [5.74, 6) is 1.04. The highest BCUT2D eigenvalue weighted by molar-refractivity contribution is 5.94. The van der Waals surface area contributed by atoms with E-state index in [1.165, 1.54) is 0 Å². The molecule has 1 atom stereocenters. The number of ether oxygens (including phenoxy) is 1. The normalized spacial score (nSPS) is 22.5. The molecule has 1 fully saturated rings. The molecule has 0 aliphatic carbocycles. The fraction of sp³-hybridized carbons (Fsp3) is 0.579. The first-order chi connectivity index (χ1) is 12.0. The van der Waals surface area contributed by atoms with Crippen LogP contribution in [0.15, 0.2) is 18.2 Å². The Bertz CT molecular complexity index is 661. The van der Waals surface area contributed by atoms with E-state index in [9.17, 15) is 9.59 Å². The van der Waals surface area contributed by atoms with E-state index < -0.39 is 0 Å². The van der Waals surface area contributed by atoms with Crippen LogP contribution in [0.3, 0.4) is 0 Å². The highest BCUT2D eigenvalue weighted by Crippen LogP contribution is 2.29. The number of nitrogens with zero attached hydrogens (tertiary/aromatic N) is 1. The maximum absolute atomic E-state index is 12.3. The van der Waals surface area contributed by atoms with Crippen molar-refractivity contribution in [3.63, 3.8) is 0 Å². The molecule has 2 amide bonds. The van der Waals surface area contributed by atoms with E-state index in [4.69, 9.17) is 10.5 Å². The van der Waals surface area contributed by atoms with Crippen molar-refractivity contribution in [3.05, 3.63) is 23.8 Å². The first-order valence-electron chi connectivity index (χ1n) is 9.02. The zero-order valence-corrected chi connectivity index (χ0v) is 14.8. The minimum atomic E-state index is 0.0623. The molecule has 136 valence electrons. The minimum absolute atomic E-state index is 0.0623. The number of rotatable bonds is 6. The third-order valence-electron chi connectivity index (χ3n) is 5.18. The van der Waals surface area contributed by atoms with Crippen LogP contribution in [-0.2, 0) is 16.0 Å². The largest absolute Gasteiger partial charge is 0.494 e. The van der Waals surface area contributed by atoms with Gasteiger partial charge in [-0.2, -0.15) is 0 Å². The van der Waals surface area contributed by atoms with Gasteiger partial charge in [0.05, 0.1) is 6.61 Å². The van der Waals surface area contributed by atoms with Gasteiger partial charge < -0.3 is 20.7 Å². The number of hydrogen-bond donors (Lipinski definition) is 2. The molecule has 1 aromatic carbocycles. The van der Waals surface area contributed by atoms with Crippen LogP contribution < -0.4 is 15.8 Å². The standard InChI is InChI=1S/C19H27N3O3/c1-19(12-20)8-9-22(13-19)18(24)3-2-10-25-15-5-6-16-14(11-15)4-7-17(23)21-16/h5-6,11H,2-4,7-10,12-13,20H2,1H3,(H,21,23). The van der Waals surface area contributed by atoms with Crippen LogP contribution in [0.1, 0.15) is 38.2 Å².